The summed E-state index contributed by atoms with van der Waals surface area (Å²) in [7, 11) is 1.47. The summed E-state index contributed by atoms with van der Waals surface area (Å²) in [5.41, 5.74) is 1.19. The monoisotopic (exact) mass is 352 g/mol. The first-order valence-electron chi connectivity index (χ1n) is 7.76. The Morgan fingerprint density at radius 2 is 2.00 bits per heavy atom. The molecule has 0 aliphatic carbocycles. The van der Waals surface area contributed by atoms with E-state index in [4.69, 9.17) is 14.6 Å². The molecule has 0 fully saturated rings. The van der Waals surface area contributed by atoms with Gasteiger partial charge in [-0.1, -0.05) is 24.3 Å². The molecule has 2 N–H and O–H groups in total. The number of nitrogens with one attached hydrogen (secondary N) is 1. The van der Waals surface area contributed by atoms with Crippen LogP contribution in [0.3, 0.4) is 0 Å². The average Bonchev–Trinajstić information content (AvgIpc) is 2.65. The summed E-state index contributed by atoms with van der Waals surface area (Å²) in [5, 5.41) is 9.22. The molecule has 0 saturated carbocycles. The van der Waals surface area contributed by atoms with Crippen molar-refractivity contribution >= 4 is 29.0 Å². The summed E-state index contributed by atoms with van der Waals surface area (Å²) in [6, 6.07) is 12.2. The molecule has 132 valence electrons. The number of aliphatic carboxylic acids is 1. The lowest BCUT2D eigenvalue weighted by Crippen LogP contribution is -2.10. The van der Waals surface area contributed by atoms with Gasteiger partial charge in [-0.2, -0.15) is 0 Å². The van der Waals surface area contributed by atoms with Crippen LogP contribution in [0.5, 0.6) is 11.5 Å². The largest absolute Gasteiger partial charge is 0.493 e. The third-order valence-electron chi connectivity index (χ3n) is 3.60. The van der Waals surface area contributed by atoms with E-state index in [1.165, 1.54) is 7.11 Å². The maximum Gasteiger partial charge on any atom is 0.341 e. The summed E-state index contributed by atoms with van der Waals surface area (Å²) in [5.74, 6) is 0.110. The van der Waals surface area contributed by atoms with Gasteiger partial charge in [0, 0.05) is 0 Å². The van der Waals surface area contributed by atoms with Gasteiger partial charge in [-0.3, -0.25) is 4.79 Å². The first kappa shape index (κ1) is 17.2. The van der Waals surface area contributed by atoms with Crippen molar-refractivity contribution in [2.24, 2.45) is 0 Å². The number of nitrogens with zero attached hydrogens (tertiary/aromatic N) is 1. The second-order valence-corrected chi connectivity index (χ2v) is 5.39. The Bertz CT molecular complexity index is 1040. The molecule has 3 rings (SSSR count). The Balaban J connectivity index is 1.86. The van der Waals surface area contributed by atoms with Crippen LogP contribution >= 0.6 is 0 Å². The SMILES string of the molecule is COc1cc(/C=C\c2nc3ccccc3c(=O)[nH]2)ccc1OCC(=O)O. The van der Waals surface area contributed by atoms with Crippen molar-refractivity contribution in [2.75, 3.05) is 13.7 Å². The van der Waals surface area contributed by atoms with Gasteiger partial charge < -0.3 is 19.6 Å². The summed E-state index contributed by atoms with van der Waals surface area (Å²) in [6.07, 6.45) is 3.44. The number of rotatable bonds is 6. The number of fused-ring (bicyclic) bond motifs is 1. The van der Waals surface area contributed by atoms with E-state index in [1.54, 1.807) is 48.6 Å². The van der Waals surface area contributed by atoms with Crippen LogP contribution in [0.15, 0.2) is 47.3 Å². The normalized spacial score (nSPS) is 11.0. The number of hydrogen-bond donors (Lipinski definition) is 2. The standard InChI is InChI=1S/C19H16N2O5/c1-25-16-10-12(6-8-15(16)26-11-18(22)23)7-9-17-20-14-5-3-2-4-13(14)19(24)21-17/h2-10H,11H2,1H3,(H,22,23)(H,20,21,24)/b9-7-. The first-order valence-corrected chi connectivity index (χ1v) is 7.76. The fourth-order valence-corrected chi connectivity index (χ4v) is 2.41. The third kappa shape index (κ3) is 3.89. The van der Waals surface area contributed by atoms with Crippen LogP contribution in [0.1, 0.15) is 11.4 Å². The Kier molecular flexibility index (Phi) is 4.98. The van der Waals surface area contributed by atoms with Crippen LogP contribution < -0.4 is 15.0 Å². The van der Waals surface area contributed by atoms with Gasteiger partial charge in [-0.25, -0.2) is 9.78 Å². The molecule has 26 heavy (non-hydrogen) atoms. The smallest absolute Gasteiger partial charge is 0.341 e. The van der Waals surface area contributed by atoms with E-state index in [0.29, 0.717) is 28.2 Å². The number of carbonyl (C=O) groups is 1. The Labute approximate surface area is 148 Å². The third-order valence-corrected chi connectivity index (χ3v) is 3.60. The minimum absolute atomic E-state index is 0.203. The highest BCUT2D eigenvalue weighted by Gasteiger charge is 2.07. The lowest BCUT2D eigenvalue weighted by molar-refractivity contribution is -0.139. The molecule has 0 spiro atoms. The van der Waals surface area contributed by atoms with Gasteiger partial charge in [-0.05, 0) is 35.9 Å². The Morgan fingerprint density at radius 1 is 1.19 bits per heavy atom. The van der Waals surface area contributed by atoms with Crippen LogP contribution in [0, 0.1) is 0 Å². The van der Waals surface area contributed by atoms with E-state index in [1.807, 2.05) is 6.07 Å². The van der Waals surface area contributed by atoms with Crippen molar-refractivity contribution < 1.29 is 19.4 Å². The molecule has 0 radical (unpaired) electrons. The molecule has 0 aliphatic rings. The first-order chi connectivity index (χ1) is 12.6. The van der Waals surface area contributed by atoms with E-state index >= 15 is 0 Å². The predicted octanol–water partition coefficient (Wildman–Crippen LogP) is 2.57. The maximum absolute atomic E-state index is 12.1. The van der Waals surface area contributed by atoms with Crippen LogP contribution in [-0.4, -0.2) is 34.8 Å². The molecule has 0 atom stereocenters. The number of aromatic nitrogens is 2. The molecule has 1 aromatic heterocycles. The average molecular weight is 352 g/mol. The highest BCUT2D eigenvalue weighted by Crippen LogP contribution is 2.28. The van der Waals surface area contributed by atoms with E-state index in [9.17, 15) is 9.59 Å². The number of benzene rings is 2. The molecule has 7 heteroatoms. The number of para-hydroxylation sites is 1. The topological polar surface area (TPSA) is 102 Å². The minimum Gasteiger partial charge on any atom is -0.493 e. The van der Waals surface area contributed by atoms with Crippen LogP contribution in [0.2, 0.25) is 0 Å². The maximum atomic E-state index is 12.1. The molecule has 0 saturated heterocycles. The van der Waals surface area contributed by atoms with E-state index in [0.717, 1.165) is 5.56 Å². The minimum atomic E-state index is -1.07. The van der Waals surface area contributed by atoms with Gasteiger partial charge in [0.15, 0.2) is 18.1 Å². The molecule has 3 aromatic rings. The molecule has 1 heterocycles. The van der Waals surface area contributed by atoms with Crippen molar-refractivity contribution in [1.29, 1.82) is 0 Å². The second-order valence-electron chi connectivity index (χ2n) is 5.39. The summed E-state index contributed by atoms with van der Waals surface area (Å²) < 4.78 is 10.4. The zero-order valence-corrected chi connectivity index (χ0v) is 13.9. The van der Waals surface area contributed by atoms with Gasteiger partial charge >= 0.3 is 5.97 Å². The van der Waals surface area contributed by atoms with Gasteiger partial charge in [-0.15, -0.1) is 0 Å². The van der Waals surface area contributed by atoms with Crippen LogP contribution in [0.4, 0.5) is 0 Å². The van der Waals surface area contributed by atoms with Gasteiger partial charge in [0.2, 0.25) is 0 Å². The van der Waals surface area contributed by atoms with Crippen molar-refractivity contribution in [3.05, 3.63) is 64.2 Å². The molecule has 2 aromatic carbocycles. The molecular weight excluding hydrogens is 336 g/mol. The predicted molar refractivity (Wildman–Crippen MR) is 97.4 cm³/mol. The van der Waals surface area contributed by atoms with Crippen molar-refractivity contribution in [3.8, 4) is 11.5 Å². The Hall–Kier alpha value is -3.61. The quantitative estimate of drug-likeness (QED) is 0.707. The van der Waals surface area contributed by atoms with Gasteiger partial charge in [0.1, 0.15) is 5.82 Å². The number of hydrogen-bond acceptors (Lipinski definition) is 5. The molecule has 0 bridgehead atoms. The zero-order chi connectivity index (χ0) is 18.5. The Morgan fingerprint density at radius 3 is 2.77 bits per heavy atom. The van der Waals surface area contributed by atoms with Crippen molar-refractivity contribution in [2.45, 2.75) is 0 Å². The fourth-order valence-electron chi connectivity index (χ4n) is 2.41. The highest BCUT2D eigenvalue weighted by molar-refractivity contribution is 5.79. The number of carboxylic acid groups (broad SMARTS) is 1. The second kappa shape index (κ2) is 7.52. The van der Waals surface area contributed by atoms with E-state index in [-0.39, 0.29) is 5.56 Å². The van der Waals surface area contributed by atoms with Gasteiger partial charge in [0.05, 0.1) is 18.0 Å². The highest BCUT2D eigenvalue weighted by atomic mass is 16.5. The van der Waals surface area contributed by atoms with Crippen LogP contribution in [0.25, 0.3) is 23.1 Å². The lowest BCUT2D eigenvalue weighted by Gasteiger charge is -2.09. The van der Waals surface area contributed by atoms with Crippen molar-refractivity contribution in [3.63, 3.8) is 0 Å². The lowest BCUT2D eigenvalue weighted by atomic mass is 10.2. The molecule has 0 unspecified atom stereocenters. The molecule has 7 nitrogen and oxygen atoms in total. The van der Waals surface area contributed by atoms with Gasteiger partial charge in [0.25, 0.3) is 5.56 Å². The number of carboxylic acids is 1. The number of aromatic amines is 1. The zero-order valence-electron chi connectivity index (χ0n) is 13.9. The van der Waals surface area contributed by atoms with E-state index in [2.05, 4.69) is 9.97 Å². The number of ether oxygens (including phenoxy) is 2. The van der Waals surface area contributed by atoms with Crippen molar-refractivity contribution in [1.82, 2.24) is 9.97 Å². The fraction of sp³-hybridized carbons (Fsp3) is 0.105. The van der Waals surface area contributed by atoms with Crippen LogP contribution in [-0.2, 0) is 4.79 Å². The molecule has 0 aliphatic heterocycles. The number of H-pyrrole nitrogens is 1. The summed E-state index contributed by atoms with van der Waals surface area (Å²) in [4.78, 5) is 29.8. The molecule has 0 amide bonds. The number of methoxy groups -OCH3 is 1. The molecular formula is C19H16N2O5. The van der Waals surface area contributed by atoms with E-state index < -0.39 is 12.6 Å². The summed E-state index contributed by atoms with van der Waals surface area (Å²) >= 11 is 0. The summed E-state index contributed by atoms with van der Waals surface area (Å²) in [6.45, 7) is -0.451.